The summed E-state index contributed by atoms with van der Waals surface area (Å²) in [7, 11) is 0. The lowest BCUT2D eigenvalue weighted by atomic mass is 10.0. The van der Waals surface area contributed by atoms with Crippen molar-refractivity contribution in [1.29, 1.82) is 0 Å². The van der Waals surface area contributed by atoms with E-state index in [1.165, 1.54) is 11.8 Å². The number of para-hydroxylation sites is 1. The Kier molecular flexibility index (Phi) is 6.33. The van der Waals surface area contributed by atoms with Crippen LogP contribution in [0.3, 0.4) is 0 Å². The third kappa shape index (κ3) is 4.83. The smallest absolute Gasteiger partial charge is 0.277 e. The molecule has 1 N–H and O–H groups in total. The van der Waals surface area contributed by atoms with Crippen molar-refractivity contribution < 1.29 is 13.6 Å². The highest BCUT2D eigenvalue weighted by atomic mass is 35.5. The summed E-state index contributed by atoms with van der Waals surface area (Å²) in [5.74, 6) is 0.895. The molecule has 5 aromatic rings. The van der Waals surface area contributed by atoms with Gasteiger partial charge in [0.2, 0.25) is 11.8 Å². The van der Waals surface area contributed by atoms with Crippen molar-refractivity contribution in [2.45, 2.75) is 23.9 Å². The number of furan rings is 1. The number of nitrogens with zero attached hydrogens (tertiary/aromatic N) is 3. The number of fused-ring (bicyclic) bond motifs is 1. The van der Waals surface area contributed by atoms with Crippen LogP contribution in [0.1, 0.15) is 12.7 Å². The van der Waals surface area contributed by atoms with Gasteiger partial charge in [0.05, 0.1) is 34.8 Å². The molecule has 170 valence electrons. The zero-order valence-corrected chi connectivity index (χ0v) is 19.6. The molecule has 3 heterocycles. The van der Waals surface area contributed by atoms with Crippen molar-refractivity contribution in [2.75, 3.05) is 0 Å². The Morgan fingerprint density at radius 3 is 2.71 bits per heavy atom. The van der Waals surface area contributed by atoms with Crippen molar-refractivity contribution in [2.24, 2.45) is 0 Å². The maximum atomic E-state index is 12.4. The normalized spacial score (nSPS) is 12.1. The maximum absolute atomic E-state index is 12.4. The molecule has 0 bridgehead atoms. The lowest BCUT2D eigenvalue weighted by Gasteiger charge is -2.09. The summed E-state index contributed by atoms with van der Waals surface area (Å²) in [6, 6.07) is 20.8. The standard InChI is InChI=1S/C25H19ClN4O3S/c1-15(23(31)27-14-18-5-4-12-32-18)34-25-30-29-24(33-25)20-13-22(16-8-10-17(26)11-9-16)28-21-7-3-2-6-19(20)21/h2-13,15H,14H2,1H3,(H,27,31). The van der Waals surface area contributed by atoms with Crippen LogP contribution in [-0.2, 0) is 11.3 Å². The number of benzene rings is 2. The molecule has 2 aromatic carbocycles. The summed E-state index contributed by atoms with van der Waals surface area (Å²) in [5, 5.41) is 12.7. The number of carbonyl (C=O) groups is 1. The van der Waals surface area contributed by atoms with E-state index in [1.54, 1.807) is 25.3 Å². The van der Waals surface area contributed by atoms with Crippen LogP contribution in [-0.4, -0.2) is 26.3 Å². The average molecular weight is 491 g/mol. The number of aromatic nitrogens is 3. The van der Waals surface area contributed by atoms with Crippen LogP contribution >= 0.6 is 23.4 Å². The summed E-state index contributed by atoms with van der Waals surface area (Å²) >= 11 is 7.24. The van der Waals surface area contributed by atoms with Gasteiger partial charge in [0, 0.05) is 16.0 Å². The molecule has 0 saturated heterocycles. The lowest BCUT2D eigenvalue weighted by Crippen LogP contribution is -2.30. The molecule has 1 unspecified atom stereocenters. The molecule has 5 rings (SSSR count). The Balaban J connectivity index is 1.39. The van der Waals surface area contributed by atoms with Crippen molar-refractivity contribution in [3.05, 3.63) is 83.8 Å². The number of nitrogens with one attached hydrogen (secondary N) is 1. The van der Waals surface area contributed by atoms with Gasteiger partial charge in [-0.25, -0.2) is 4.98 Å². The lowest BCUT2D eigenvalue weighted by molar-refractivity contribution is -0.120. The zero-order valence-electron chi connectivity index (χ0n) is 18.1. The molecular weight excluding hydrogens is 472 g/mol. The summed E-state index contributed by atoms with van der Waals surface area (Å²) < 4.78 is 11.2. The van der Waals surface area contributed by atoms with Crippen LogP contribution in [0.2, 0.25) is 5.02 Å². The van der Waals surface area contributed by atoms with Crippen LogP contribution in [0.15, 0.2) is 87.1 Å². The second kappa shape index (κ2) is 9.70. The number of amides is 1. The second-order valence-electron chi connectivity index (χ2n) is 7.51. The topological polar surface area (TPSA) is 94.0 Å². The summed E-state index contributed by atoms with van der Waals surface area (Å²) in [6.07, 6.45) is 1.57. The minimum atomic E-state index is -0.429. The Hall–Kier alpha value is -3.62. The van der Waals surface area contributed by atoms with E-state index >= 15 is 0 Å². The van der Waals surface area contributed by atoms with E-state index in [1.807, 2.05) is 54.6 Å². The van der Waals surface area contributed by atoms with Gasteiger partial charge >= 0.3 is 0 Å². The molecule has 1 atom stereocenters. The van der Waals surface area contributed by atoms with Gasteiger partial charge in [-0.2, -0.15) is 0 Å². The molecule has 0 aliphatic heterocycles. The number of hydrogen-bond donors (Lipinski definition) is 1. The highest BCUT2D eigenvalue weighted by Gasteiger charge is 2.20. The Bertz CT molecular complexity index is 1430. The summed E-state index contributed by atoms with van der Waals surface area (Å²) in [6.45, 7) is 2.11. The number of hydrogen-bond acceptors (Lipinski definition) is 7. The van der Waals surface area contributed by atoms with Crippen LogP contribution in [0, 0.1) is 0 Å². The minimum absolute atomic E-state index is 0.152. The molecule has 7 nitrogen and oxygen atoms in total. The molecule has 0 aliphatic rings. The average Bonchev–Trinajstić information content (AvgIpc) is 3.54. The number of pyridine rings is 1. The molecule has 0 fully saturated rings. The Morgan fingerprint density at radius 2 is 1.91 bits per heavy atom. The van der Waals surface area contributed by atoms with Crippen molar-refractivity contribution >= 4 is 40.2 Å². The minimum Gasteiger partial charge on any atom is -0.467 e. The molecule has 34 heavy (non-hydrogen) atoms. The maximum Gasteiger partial charge on any atom is 0.277 e. The first kappa shape index (κ1) is 22.2. The predicted octanol–water partition coefficient (Wildman–Crippen LogP) is 6.00. The van der Waals surface area contributed by atoms with Crippen LogP contribution in [0.4, 0.5) is 0 Å². The molecule has 0 radical (unpaired) electrons. The highest BCUT2D eigenvalue weighted by Crippen LogP contribution is 2.33. The van der Waals surface area contributed by atoms with E-state index in [2.05, 4.69) is 15.5 Å². The largest absolute Gasteiger partial charge is 0.467 e. The zero-order chi connectivity index (χ0) is 23.5. The van der Waals surface area contributed by atoms with Crippen molar-refractivity contribution in [1.82, 2.24) is 20.5 Å². The third-order valence-corrected chi connectivity index (χ3v) is 6.34. The molecule has 0 spiro atoms. The van der Waals surface area contributed by atoms with Gasteiger partial charge < -0.3 is 14.2 Å². The van der Waals surface area contributed by atoms with Gasteiger partial charge in [0.1, 0.15) is 5.76 Å². The first-order chi connectivity index (χ1) is 16.6. The van der Waals surface area contributed by atoms with Crippen molar-refractivity contribution in [3.8, 4) is 22.7 Å². The van der Waals surface area contributed by atoms with E-state index in [0.717, 1.165) is 27.7 Å². The first-order valence-corrected chi connectivity index (χ1v) is 11.8. The summed E-state index contributed by atoms with van der Waals surface area (Å²) in [4.78, 5) is 17.2. The molecule has 1 amide bonds. The van der Waals surface area contributed by atoms with Crippen molar-refractivity contribution in [3.63, 3.8) is 0 Å². The first-order valence-electron chi connectivity index (χ1n) is 10.5. The molecule has 0 saturated carbocycles. The summed E-state index contributed by atoms with van der Waals surface area (Å²) in [5.41, 5.74) is 3.27. The predicted molar refractivity (Wildman–Crippen MR) is 131 cm³/mol. The molecule has 9 heteroatoms. The van der Waals surface area contributed by atoms with Gasteiger partial charge in [0.15, 0.2) is 0 Å². The van der Waals surface area contributed by atoms with E-state index in [0.29, 0.717) is 28.4 Å². The van der Waals surface area contributed by atoms with Gasteiger partial charge in [-0.1, -0.05) is 53.7 Å². The van der Waals surface area contributed by atoms with Crippen LogP contribution < -0.4 is 5.32 Å². The van der Waals surface area contributed by atoms with Crippen LogP contribution in [0.25, 0.3) is 33.6 Å². The van der Waals surface area contributed by atoms with Crippen LogP contribution in [0.5, 0.6) is 0 Å². The van der Waals surface area contributed by atoms with E-state index in [4.69, 9.17) is 25.4 Å². The molecule has 0 aliphatic carbocycles. The third-order valence-electron chi connectivity index (χ3n) is 5.16. The van der Waals surface area contributed by atoms with Gasteiger partial charge in [-0.3, -0.25) is 4.79 Å². The van der Waals surface area contributed by atoms with E-state index < -0.39 is 5.25 Å². The highest BCUT2D eigenvalue weighted by molar-refractivity contribution is 8.00. The molecule has 3 aromatic heterocycles. The quantitative estimate of drug-likeness (QED) is 0.280. The number of halogens is 1. The van der Waals surface area contributed by atoms with E-state index in [9.17, 15) is 4.79 Å². The fourth-order valence-electron chi connectivity index (χ4n) is 3.42. The fraction of sp³-hybridized carbons (Fsp3) is 0.120. The SMILES string of the molecule is CC(Sc1nnc(-c2cc(-c3ccc(Cl)cc3)nc3ccccc23)o1)C(=O)NCc1ccco1. The van der Waals surface area contributed by atoms with E-state index in [-0.39, 0.29) is 5.91 Å². The number of thioether (sulfide) groups is 1. The monoisotopic (exact) mass is 490 g/mol. The van der Waals surface area contributed by atoms with Gasteiger partial charge in [-0.05, 0) is 43.3 Å². The number of rotatable bonds is 7. The molecular formula is C25H19ClN4O3S. The van der Waals surface area contributed by atoms with Gasteiger partial charge in [0.25, 0.3) is 5.22 Å². The second-order valence-corrected chi connectivity index (χ2v) is 9.24. The fourth-order valence-corrected chi connectivity index (χ4v) is 4.26. The Labute approximate surface area is 204 Å². The van der Waals surface area contributed by atoms with Gasteiger partial charge in [-0.15, -0.1) is 10.2 Å². The Morgan fingerprint density at radius 1 is 1.09 bits per heavy atom. The number of carbonyl (C=O) groups excluding carboxylic acids is 1.